The molecule has 0 radical (unpaired) electrons. The summed E-state index contributed by atoms with van der Waals surface area (Å²) in [6.07, 6.45) is 1.57. The first-order chi connectivity index (χ1) is 10.0. The largest absolute Gasteiger partial charge is 0.478 e. The topological polar surface area (TPSA) is 102 Å². The number of nitrogens with two attached hydrogens (primary N) is 1. The zero-order valence-electron chi connectivity index (χ0n) is 12.2. The fraction of sp³-hybridized carbons (Fsp3) is 0.267. The average molecular weight is 290 g/mol. The number of hydrogen-bond acceptors (Lipinski definition) is 5. The van der Waals surface area contributed by atoms with Crippen LogP contribution < -0.4 is 5.73 Å². The first-order valence-corrected chi connectivity index (χ1v) is 6.50. The quantitative estimate of drug-likeness (QED) is 0.814. The van der Waals surface area contributed by atoms with E-state index in [4.69, 9.17) is 10.8 Å². The molecule has 1 aliphatic rings. The van der Waals surface area contributed by atoms with Gasteiger partial charge in [-0.25, -0.2) is 14.6 Å². The van der Waals surface area contributed by atoms with Crippen LogP contribution in [0.5, 0.6) is 0 Å². The van der Waals surface area contributed by atoms with E-state index in [2.05, 4.69) is 9.73 Å². The van der Waals surface area contributed by atoms with E-state index >= 15 is 0 Å². The number of ether oxygens (including phenoxy) is 1. The molecule has 21 heavy (non-hydrogen) atoms. The van der Waals surface area contributed by atoms with Crippen LogP contribution in [0.2, 0.25) is 0 Å². The van der Waals surface area contributed by atoms with Gasteiger partial charge in [0.1, 0.15) is 5.84 Å². The predicted molar refractivity (Wildman–Crippen MR) is 80.6 cm³/mol. The minimum atomic E-state index is -1.04. The average Bonchev–Trinajstić information content (AvgIpc) is 2.65. The summed E-state index contributed by atoms with van der Waals surface area (Å²) in [5, 5.41) is 9.03. The highest BCUT2D eigenvalue weighted by Gasteiger charge is 2.16. The first kappa shape index (κ1) is 16.4. The van der Waals surface area contributed by atoms with Crippen LogP contribution in [0.4, 0.5) is 5.69 Å². The van der Waals surface area contributed by atoms with E-state index in [0.717, 1.165) is 0 Å². The number of benzene rings is 1. The first-order valence-electron chi connectivity index (χ1n) is 6.50. The van der Waals surface area contributed by atoms with Gasteiger partial charge in [0.15, 0.2) is 0 Å². The number of carbonyl (C=O) groups excluding carboxylic acids is 1. The molecule has 0 aliphatic carbocycles. The van der Waals surface area contributed by atoms with Crippen molar-refractivity contribution in [3.63, 3.8) is 0 Å². The molecule has 0 saturated carbocycles. The highest BCUT2D eigenvalue weighted by Crippen LogP contribution is 2.27. The Bertz CT molecular complexity index is 618. The van der Waals surface area contributed by atoms with Crippen molar-refractivity contribution in [1.82, 2.24) is 0 Å². The highest BCUT2D eigenvalue weighted by molar-refractivity contribution is 6.03. The smallest absolute Gasteiger partial charge is 0.337 e. The third-order valence-corrected chi connectivity index (χ3v) is 2.69. The lowest BCUT2D eigenvalue weighted by molar-refractivity contribution is -0.132. The van der Waals surface area contributed by atoms with E-state index in [1.54, 1.807) is 12.1 Å². The number of hydrogen-bond donors (Lipinski definition) is 2. The van der Waals surface area contributed by atoms with Crippen LogP contribution in [0.1, 0.15) is 36.2 Å². The summed E-state index contributed by atoms with van der Waals surface area (Å²) in [7, 11) is 1.29. The Hall–Kier alpha value is -2.63. The minimum absolute atomic E-state index is 0.0670. The van der Waals surface area contributed by atoms with Crippen molar-refractivity contribution in [3.05, 3.63) is 34.9 Å². The number of aliphatic carboxylic acids is 1. The van der Waals surface area contributed by atoms with E-state index < -0.39 is 11.9 Å². The van der Waals surface area contributed by atoms with Gasteiger partial charge in [-0.05, 0) is 18.2 Å². The van der Waals surface area contributed by atoms with Gasteiger partial charge in [0.25, 0.3) is 0 Å². The van der Waals surface area contributed by atoms with Crippen molar-refractivity contribution in [2.24, 2.45) is 10.7 Å². The lowest BCUT2D eigenvalue weighted by atomic mass is 10.1. The molecule has 0 amide bonds. The van der Waals surface area contributed by atoms with Gasteiger partial charge in [0.05, 0.1) is 18.4 Å². The maximum atomic E-state index is 11.4. The van der Waals surface area contributed by atoms with Crippen molar-refractivity contribution < 1.29 is 19.4 Å². The molecule has 0 saturated heterocycles. The molecule has 0 unspecified atom stereocenters. The third-order valence-electron chi connectivity index (χ3n) is 2.69. The number of carbonyl (C=O) groups is 2. The van der Waals surface area contributed by atoms with E-state index in [0.29, 0.717) is 16.8 Å². The van der Waals surface area contributed by atoms with Gasteiger partial charge in [-0.1, -0.05) is 19.9 Å². The molecule has 3 N–H and O–H groups in total. The molecule has 0 spiro atoms. The molecule has 6 heteroatoms. The Morgan fingerprint density at radius 3 is 2.57 bits per heavy atom. The fourth-order valence-electron chi connectivity index (χ4n) is 1.77. The number of esters is 1. The van der Waals surface area contributed by atoms with Gasteiger partial charge < -0.3 is 15.6 Å². The maximum Gasteiger partial charge on any atom is 0.337 e. The van der Waals surface area contributed by atoms with Crippen LogP contribution in [0, 0.1) is 0 Å². The van der Waals surface area contributed by atoms with Crippen molar-refractivity contribution in [2.75, 3.05) is 7.11 Å². The van der Waals surface area contributed by atoms with Crippen molar-refractivity contribution >= 4 is 29.5 Å². The van der Waals surface area contributed by atoms with Gasteiger partial charge in [-0.3, -0.25) is 0 Å². The van der Waals surface area contributed by atoms with Crippen LogP contribution in [0.3, 0.4) is 0 Å². The van der Waals surface area contributed by atoms with E-state index in [-0.39, 0.29) is 17.8 Å². The summed E-state index contributed by atoms with van der Waals surface area (Å²) >= 11 is 0. The maximum absolute atomic E-state index is 11.4. The number of rotatable bonds is 2. The van der Waals surface area contributed by atoms with Crippen LogP contribution in [-0.4, -0.2) is 30.0 Å². The number of fused-ring (bicyclic) bond motifs is 1. The summed E-state index contributed by atoms with van der Waals surface area (Å²) in [4.78, 5) is 26.6. The summed E-state index contributed by atoms with van der Waals surface area (Å²) < 4.78 is 4.62. The van der Waals surface area contributed by atoms with E-state index in [9.17, 15) is 9.59 Å². The van der Waals surface area contributed by atoms with Gasteiger partial charge in [0, 0.05) is 17.6 Å². The molecular weight excluding hydrogens is 272 g/mol. The Morgan fingerprint density at radius 2 is 2.00 bits per heavy atom. The second kappa shape index (κ2) is 7.23. The molecule has 6 nitrogen and oxygen atoms in total. The molecular formula is C15H18N2O4. The Morgan fingerprint density at radius 1 is 1.33 bits per heavy atom. The number of nitrogens with zero attached hydrogens (tertiary/aromatic N) is 1. The number of carboxylic acids is 1. The number of aliphatic imine (C=N–C) groups is 1. The lowest BCUT2D eigenvalue weighted by Gasteiger charge is -2.03. The normalized spacial score (nSPS) is 12.7. The van der Waals surface area contributed by atoms with Crippen LogP contribution in [0.15, 0.2) is 28.8 Å². The Kier molecular flexibility index (Phi) is 5.66. The lowest BCUT2D eigenvalue weighted by Crippen LogP contribution is -2.14. The fourth-order valence-corrected chi connectivity index (χ4v) is 1.77. The predicted octanol–water partition coefficient (Wildman–Crippen LogP) is 2.36. The molecule has 1 aromatic carbocycles. The minimum Gasteiger partial charge on any atom is -0.478 e. The standard InChI is InChI=1S/C13H12N2O4.C2H6/c1-19-13(18)8-3-2-7-4-9(12(16)17)6-11(14)15-10(7)5-8;1-2/h2-5H,6H2,1H3,(H2,14,15)(H,16,17);1-2H3. The van der Waals surface area contributed by atoms with Gasteiger partial charge in [0.2, 0.25) is 0 Å². The van der Waals surface area contributed by atoms with E-state index in [1.807, 2.05) is 13.8 Å². The molecule has 0 fully saturated rings. The zero-order chi connectivity index (χ0) is 16.0. The van der Waals surface area contributed by atoms with Gasteiger partial charge in [-0.15, -0.1) is 0 Å². The van der Waals surface area contributed by atoms with Gasteiger partial charge >= 0.3 is 11.9 Å². The third kappa shape index (κ3) is 3.92. The molecule has 0 atom stereocenters. The van der Waals surface area contributed by atoms with Crippen LogP contribution >= 0.6 is 0 Å². The molecule has 2 rings (SSSR count). The van der Waals surface area contributed by atoms with Crippen LogP contribution in [0.25, 0.3) is 6.08 Å². The molecule has 1 heterocycles. The van der Waals surface area contributed by atoms with Crippen molar-refractivity contribution in [2.45, 2.75) is 20.3 Å². The number of methoxy groups -OCH3 is 1. The van der Waals surface area contributed by atoms with Crippen LogP contribution in [-0.2, 0) is 9.53 Å². The zero-order valence-corrected chi connectivity index (χ0v) is 12.2. The highest BCUT2D eigenvalue weighted by atomic mass is 16.5. The molecule has 0 bridgehead atoms. The van der Waals surface area contributed by atoms with Gasteiger partial charge in [-0.2, -0.15) is 0 Å². The molecule has 0 aromatic heterocycles. The summed E-state index contributed by atoms with van der Waals surface area (Å²) in [5.41, 5.74) is 7.22. The summed E-state index contributed by atoms with van der Waals surface area (Å²) in [6, 6.07) is 4.69. The van der Waals surface area contributed by atoms with E-state index in [1.165, 1.54) is 19.3 Å². The SMILES string of the molecule is CC.COC(=O)c1ccc2c(c1)N=C(N)CC(C(=O)O)=C2. The monoisotopic (exact) mass is 290 g/mol. The number of amidine groups is 1. The second-order valence-corrected chi connectivity index (χ2v) is 4.02. The van der Waals surface area contributed by atoms with Crippen molar-refractivity contribution in [1.29, 1.82) is 0 Å². The summed E-state index contributed by atoms with van der Waals surface area (Å²) in [5.74, 6) is -1.33. The molecule has 1 aromatic rings. The second-order valence-electron chi connectivity index (χ2n) is 4.02. The Balaban J connectivity index is 0.00000106. The Labute approximate surface area is 122 Å². The molecule has 112 valence electrons. The number of carboxylic acid groups (broad SMARTS) is 1. The molecule has 1 aliphatic heterocycles. The summed E-state index contributed by atoms with van der Waals surface area (Å²) in [6.45, 7) is 4.00. The van der Waals surface area contributed by atoms with Crippen molar-refractivity contribution in [3.8, 4) is 0 Å².